The molecule has 2 N–H and O–H groups in total. The van der Waals surface area contributed by atoms with Crippen LogP contribution in [0.15, 0.2) is 12.1 Å². The molecule has 2 aliphatic carbocycles. The molecule has 39 heavy (non-hydrogen) atoms. The number of hydrogen-bond donors (Lipinski definition) is 2. The third kappa shape index (κ3) is 8.81. The van der Waals surface area contributed by atoms with Crippen molar-refractivity contribution in [3.05, 3.63) is 29.1 Å². The number of carboxylic acids is 1. The number of carbonyl (C=O) groups is 3. The number of hydrogen-bond acceptors (Lipinski definition) is 7. The number of aliphatic carboxylic acids is 1. The van der Waals surface area contributed by atoms with Crippen molar-refractivity contribution in [3.63, 3.8) is 0 Å². The number of pyridine rings is 1. The second-order valence-corrected chi connectivity index (χ2v) is 12.1. The Bertz CT molecular complexity index is 1020. The smallest absolute Gasteiger partial charge is 0.410 e. The first-order valence-corrected chi connectivity index (χ1v) is 14.3. The van der Waals surface area contributed by atoms with E-state index in [0.717, 1.165) is 38.5 Å². The monoisotopic (exact) mass is 545 g/mol. The van der Waals surface area contributed by atoms with Crippen LogP contribution >= 0.6 is 0 Å². The summed E-state index contributed by atoms with van der Waals surface area (Å²) in [4.78, 5) is 42.5. The maximum absolute atomic E-state index is 12.3. The summed E-state index contributed by atoms with van der Waals surface area (Å²) in [6.45, 7) is 6.24. The van der Waals surface area contributed by atoms with Gasteiger partial charge in [-0.25, -0.2) is 14.4 Å². The average molecular weight is 546 g/mol. The summed E-state index contributed by atoms with van der Waals surface area (Å²) in [5, 5.41) is 12.0. The number of aryl methyl sites for hydroxylation is 3. The van der Waals surface area contributed by atoms with E-state index >= 15 is 0 Å². The topological polar surface area (TPSA) is 127 Å². The highest BCUT2D eigenvalue weighted by molar-refractivity contribution is 5.80. The van der Waals surface area contributed by atoms with Gasteiger partial charge in [0.2, 0.25) is 0 Å². The normalized spacial score (nSPS) is 23.4. The molecule has 2 fully saturated rings. The Balaban J connectivity index is 1.09. The van der Waals surface area contributed by atoms with Crippen LogP contribution in [-0.2, 0) is 38.3 Å². The van der Waals surface area contributed by atoms with E-state index in [2.05, 4.69) is 17.4 Å². The van der Waals surface area contributed by atoms with Gasteiger partial charge < -0.3 is 29.5 Å². The predicted octanol–water partition coefficient (Wildman–Crippen LogP) is 4.27. The fourth-order valence-corrected chi connectivity index (χ4v) is 5.42. The van der Waals surface area contributed by atoms with Gasteiger partial charge in [0.25, 0.3) is 0 Å². The van der Waals surface area contributed by atoms with E-state index in [-0.39, 0.29) is 25.7 Å². The van der Waals surface area contributed by atoms with Crippen molar-refractivity contribution in [1.82, 2.24) is 15.2 Å². The number of likely N-dealkylation sites (tertiary alicyclic amines) is 1. The van der Waals surface area contributed by atoms with Crippen LogP contribution in [0, 0.1) is 5.92 Å². The molecule has 0 aromatic carbocycles. The Labute approximate surface area is 230 Å². The zero-order valence-corrected chi connectivity index (χ0v) is 23.4. The minimum atomic E-state index is -1.14. The number of aromatic nitrogens is 1. The van der Waals surface area contributed by atoms with Gasteiger partial charge in [-0.2, -0.15) is 0 Å². The molecule has 1 unspecified atom stereocenters. The Morgan fingerprint density at radius 3 is 2.67 bits per heavy atom. The lowest BCUT2D eigenvalue weighted by molar-refractivity contribution is -0.140. The van der Waals surface area contributed by atoms with Crippen LogP contribution in [0.3, 0.4) is 0 Å². The largest absolute Gasteiger partial charge is 0.480 e. The van der Waals surface area contributed by atoms with E-state index in [1.165, 1.54) is 34.7 Å². The van der Waals surface area contributed by atoms with Gasteiger partial charge in [0.05, 0.1) is 12.6 Å². The molecule has 0 bridgehead atoms. The lowest BCUT2D eigenvalue weighted by atomic mass is 9.79. The highest BCUT2D eigenvalue weighted by Crippen LogP contribution is 2.34. The van der Waals surface area contributed by atoms with E-state index in [4.69, 9.17) is 19.2 Å². The van der Waals surface area contributed by atoms with Gasteiger partial charge in [0.15, 0.2) is 0 Å². The van der Waals surface area contributed by atoms with Crippen LogP contribution in [0.25, 0.3) is 0 Å². The zero-order chi connectivity index (χ0) is 28.0. The van der Waals surface area contributed by atoms with Gasteiger partial charge >= 0.3 is 18.2 Å². The fraction of sp³-hybridized carbons (Fsp3) is 0.724. The van der Waals surface area contributed by atoms with Crippen LogP contribution in [0.1, 0.15) is 82.7 Å². The molecule has 1 saturated heterocycles. The van der Waals surface area contributed by atoms with Crippen LogP contribution in [0.4, 0.5) is 9.59 Å². The average Bonchev–Trinajstić information content (AvgIpc) is 3.31. The molecule has 4 rings (SSSR count). The van der Waals surface area contributed by atoms with E-state index in [9.17, 15) is 19.5 Å². The molecular weight excluding hydrogens is 502 g/mol. The molecular formula is C29H43N3O7. The maximum atomic E-state index is 12.3. The quantitative estimate of drug-likeness (QED) is 0.446. The molecule has 2 amide bonds. The van der Waals surface area contributed by atoms with Crippen LogP contribution in [0.5, 0.6) is 0 Å². The highest BCUT2D eigenvalue weighted by atomic mass is 16.6. The Hall–Kier alpha value is -2.88. The summed E-state index contributed by atoms with van der Waals surface area (Å²) in [6, 6.07) is 3.32. The third-order valence-electron chi connectivity index (χ3n) is 7.66. The maximum Gasteiger partial charge on any atom is 0.410 e. The van der Waals surface area contributed by atoms with Gasteiger partial charge in [-0.3, -0.25) is 4.98 Å². The lowest BCUT2D eigenvalue weighted by Crippen LogP contribution is -2.44. The summed E-state index contributed by atoms with van der Waals surface area (Å²) in [6.07, 6.45) is 7.73. The number of carbonyl (C=O) groups excluding carboxylic acids is 2. The molecule has 3 aliphatic rings. The number of carboxylic acid groups (broad SMARTS) is 1. The van der Waals surface area contributed by atoms with Gasteiger partial charge in [-0.1, -0.05) is 6.07 Å². The zero-order valence-electron chi connectivity index (χ0n) is 23.4. The van der Waals surface area contributed by atoms with E-state index in [1.54, 1.807) is 20.8 Å². The van der Waals surface area contributed by atoms with Crippen molar-refractivity contribution in [2.24, 2.45) is 5.92 Å². The molecule has 0 spiro atoms. The molecule has 1 aromatic rings. The van der Waals surface area contributed by atoms with E-state index in [0.29, 0.717) is 18.9 Å². The van der Waals surface area contributed by atoms with Gasteiger partial charge in [-0.05, 0) is 89.7 Å². The summed E-state index contributed by atoms with van der Waals surface area (Å²) < 4.78 is 16.6. The number of alkyl carbamates (subject to hydrolysis) is 1. The number of amides is 2. The fourth-order valence-electron chi connectivity index (χ4n) is 5.42. The third-order valence-corrected chi connectivity index (χ3v) is 7.66. The first-order valence-electron chi connectivity index (χ1n) is 14.3. The number of ether oxygens (including phenoxy) is 3. The number of nitrogens with zero attached hydrogens (tertiary/aromatic N) is 2. The van der Waals surface area contributed by atoms with Crippen molar-refractivity contribution in [3.8, 4) is 0 Å². The van der Waals surface area contributed by atoms with Crippen molar-refractivity contribution < 1.29 is 33.7 Å². The molecule has 10 heteroatoms. The second kappa shape index (κ2) is 13.0. The molecule has 1 saturated carbocycles. The molecule has 216 valence electrons. The van der Waals surface area contributed by atoms with Crippen LogP contribution < -0.4 is 5.32 Å². The number of rotatable bonds is 10. The Morgan fingerprint density at radius 1 is 1.15 bits per heavy atom. The van der Waals surface area contributed by atoms with Crippen molar-refractivity contribution in [2.45, 2.75) is 109 Å². The predicted molar refractivity (Wildman–Crippen MR) is 144 cm³/mol. The summed E-state index contributed by atoms with van der Waals surface area (Å²) in [5.74, 6) is -0.538. The number of fused-ring (bicyclic) bond motifs is 1. The molecule has 0 radical (unpaired) electrons. The highest BCUT2D eigenvalue weighted by Gasteiger charge is 2.33. The SMILES string of the molecule is CC(C)(C)OC(=O)N1CC[C@H](OC(=O)NC(CCOC2CC(CCc3ccc4c(n3)CCCC4)C2)C(=O)O)C1. The molecule has 1 aliphatic heterocycles. The van der Waals surface area contributed by atoms with Gasteiger partial charge in [0.1, 0.15) is 17.7 Å². The number of nitrogens with one attached hydrogen (secondary N) is 1. The second-order valence-electron chi connectivity index (χ2n) is 12.1. The molecule has 10 nitrogen and oxygen atoms in total. The summed E-state index contributed by atoms with van der Waals surface area (Å²) in [7, 11) is 0. The van der Waals surface area contributed by atoms with Gasteiger partial charge in [0, 0.05) is 37.4 Å². The lowest BCUT2D eigenvalue weighted by Gasteiger charge is -2.35. The molecule has 2 atom stereocenters. The van der Waals surface area contributed by atoms with Crippen LogP contribution in [0.2, 0.25) is 0 Å². The van der Waals surface area contributed by atoms with E-state index in [1.807, 2.05) is 0 Å². The standard InChI is InChI=1S/C29H43N3O7/c1-29(2,3)39-28(36)32-14-12-22(18-32)38-27(35)31-25(26(33)34)13-15-37-23-16-19(17-23)8-10-21-11-9-20-6-4-5-7-24(20)30-21/h9,11,19,22-23,25H,4-8,10,12-18H2,1-3H3,(H,31,35)(H,33,34)/t19?,22-,23?,25?/m0/s1. The van der Waals surface area contributed by atoms with Crippen LogP contribution in [-0.4, -0.2) is 76.7 Å². The van der Waals surface area contributed by atoms with Gasteiger partial charge in [-0.15, -0.1) is 0 Å². The Kier molecular flexibility index (Phi) is 9.69. The van der Waals surface area contributed by atoms with Crippen molar-refractivity contribution in [1.29, 1.82) is 0 Å². The minimum Gasteiger partial charge on any atom is -0.480 e. The molecule has 1 aromatic heterocycles. The minimum absolute atomic E-state index is 0.130. The summed E-state index contributed by atoms with van der Waals surface area (Å²) in [5.41, 5.74) is 3.26. The van der Waals surface area contributed by atoms with E-state index < -0.39 is 35.9 Å². The molecule has 2 heterocycles. The van der Waals surface area contributed by atoms with Crippen molar-refractivity contribution in [2.75, 3.05) is 19.7 Å². The van der Waals surface area contributed by atoms with Crippen molar-refractivity contribution >= 4 is 18.2 Å². The summed E-state index contributed by atoms with van der Waals surface area (Å²) >= 11 is 0. The first kappa shape index (κ1) is 29.1. The first-order chi connectivity index (χ1) is 18.6. The Morgan fingerprint density at radius 2 is 1.92 bits per heavy atom.